The van der Waals surface area contributed by atoms with Crippen molar-refractivity contribution in [2.75, 3.05) is 5.75 Å². The molecule has 1 heterocycles. The molecule has 0 radical (unpaired) electrons. The maximum absolute atomic E-state index is 12.6. The molecule has 0 atom stereocenters. The van der Waals surface area contributed by atoms with E-state index in [2.05, 4.69) is 4.99 Å². The molecule has 2 rings (SSSR count). The Bertz CT molecular complexity index is 395. The summed E-state index contributed by atoms with van der Waals surface area (Å²) in [7, 11) is 0. The smallest absolute Gasteiger partial charge is 0.159 e. The second-order valence-corrected chi connectivity index (χ2v) is 3.90. The average Bonchev–Trinajstić information content (AvgIpc) is 2.19. The topological polar surface area (TPSA) is 38.4 Å². The van der Waals surface area contributed by atoms with Gasteiger partial charge >= 0.3 is 0 Å². The maximum atomic E-state index is 12.6. The van der Waals surface area contributed by atoms with Gasteiger partial charge in [-0.1, -0.05) is 11.8 Å². The van der Waals surface area contributed by atoms with Crippen molar-refractivity contribution in [1.82, 2.24) is 0 Å². The molecule has 4 heteroatoms. The molecule has 0 unspecified atom stereocenters. The first kappa shape index (κ1) is 9.27. The van der Waals surface area contributed by atoms with Crippen LogP contribution in [0.25, 0.3) is 5.70 Å². The van der Waals surface area contributed by atoms with E-state index in [1.807, 2.05) is 6.08 Å². The lowest BCUT2D eigenvalue weighted by Gasteiger charge is -2.08. The molecule has 1 aliphatic rings. The predicted octanol–water partition coefficient (Wildman–Crippen LogP) is 2.23. The van der Waals surface area contributed by atoms with E-state index in [1.54, 1.807) is 12.1 Å². The van der Waals surface area contributed by atoms with Gasteiger partial charge in [-0.2, -0.15) is 0 Å². The number of amidine groups is 1. The fourth-order valence-electron chi connectivity index (χ4n) is 1.21. The van der Waals surface area contributed by atoms with Crippen molar-refractivity contribution in [2.45, 2.75) is 0 Å². The summed E-state index contributed by atoms with van der Waals surface area (Å²) in [5, 5.41) is 0.562. The van der Waals surface area contributed by atoms with E-state index in [9.17, 15) is 4.39 Å². The lowest BCUT2D eigenvalue weighted by atomic mass is 10.1. The molecular formula is C10H9FN2S. The largest absolute Gasteiger partial charge is 0.378 e. The van der Waals surface area contributed by atoms with E-state index >= 15 is 0 Å². The molecular weight excluding hydrogens is 199 g/mol. The first-order valence-electron chi connectivity index (χ1n) is 4.19. The molecule has 0 aliphatic carbocycles. The van der Waals surface area contributed by atoms with Crippen LogP contribution in [-0.4, -0.2) is 10.9 Å². The molecule has 0 bridgehead atoms. The Kier molecular flexibility index (Phi) is 2.54. The summed E-state index contributed by atoms with van der Waals surface area (Å²) in [5.41, 5.74) is 7.31. The molecule has 0 saturated carbocycles. The number of thioether (sulfide) groups is 1. The van der Waals surface area contributed by atoms with Crippen LogP contribution >= 0.6 is 11.8 Å². The highest BCUT2D eigenvalue weighted by Gasteiger charge is 2.06. The Morgan fingerprint density at radius 2 is 2.00 bits per heavy atom. The van der Waals surface area contributed by atoms with Gasteiger partial charge in [0.15, 0.2) is 5.17 Å². The normalized spacial score (nSPS) is 16.1. The number of nitrogens with two attached hydrogens (primary N) is 1. The summed E-state index contributed by atoms with van der Waals surface area (Å²) in [6, 6.07) is 6.25. The molecule has 0 spiro atoms. The van der Waals surface area contributed by atoms with Crippen LogP contribution in [0.1, 0.15) is 5.56 Å². The molecule has 2 nitrogen and oxygen atoms in total. The second-order valence-electron chi connectivity index (χ2n) is 2.86. The zero-order chi connectivity index (χ0) is 9.97. The van der Waals surface area contributed by atoms with Crippen LogP contribution in [0.5, 0.6) is 0 Å². The van der Waals surface area contributed by atoms with Gasteiger partial charge in [-0.3, -0.25) is 0 Å². The Labute approximate surface area is 85.7 Å². The highest BCUT2D eigenvalue weighted by Crippen LogP contribution is 2.22. The van der Waals surface area contributed by atoms with Crippen LogP contribution in [0.15, 0.2) is 35.3 Å². The third-order valence-electron chi connectivity index (χ3n) is 1.88. The van der Waals surface area contributed by atoms with Gasteiger partial charge in [0, 0.05) is 11.3 Å². The van der Waals surface area contributed by atoms with E-state index in [0.717, 1.165) is 17.0 Å². The molecule has 0 aromatic heterocycles. The van der Waals surface area contributed by atoms with Crippen LogP contribution in [0, 0.1) is 5.82 Å². The van der Waals surface area contributed by atoms with Crippen LogP contribution in [0.2, 0.25) is 0 Å². The third-order valence-corrected chi connectivity index (χ3v) is 2.60. The van der Waals surface area contributed by atoms with Crippen LogP contribution in [0.4, 0.5) is 4.39 Å². The van der Waals surface area contributed by atoms with E-state index < -0.39 is 0 Å². The molecule has 1 aliphatic heterocycles. The van der Waals surface area contributed by atoms with Gasteiger partial charge in [-0.05, 0) is 30.3 Å². The standard InChI is InChI=1S/C10H9FN2S/c11-8-3-1-7(2-4-8)9-5-6-14-10(12)13-9/h1-5H,6H2,(H2,12,13). The van der Waals surface area contributed by atoms with Crippen molar-refractivity contribution in [3.05, 3.63) is 41.7 Å². The lowest BCUT2D eigenvalue weighted by molar-refractivity contribution is 0.627. The number of aliphatic imine (C=N–C) groups is 1. The van der Waals surface area contributed by atoms with Gasteiger partial charge in [0.1, 0.15) is 5.82 Å². The SMILES string of the molecule is NC1=NC(c2ccc(F)cc2)=CCS1. The number of hydrogen-bond donors (Lipinski definition) is 1. The quantitative estimate of drug-likeness (QED) is 0.768. The zero-order valence-corrected chi connectivity index (χ0v) is 8.22. The molecule has 72 valence electrons. The van der Waals surface area contributed by atoms with Crippen molar-refractivity contribution >= 4 is 22.6 Å². The lowest BCUT2D eigenvalue weighted by Crippen LogP contribution is -2.10. The first-order valence-corrected chi connectivity index (χ1v) is 5.17. The zero-order valence-electron chi connectivity index (χ0n) is 7.40. The minimum absolute atomic E-state index is 0.239. The molecule has 0 amide bonds. The van der Waals surface area contributed by atoms with Gasteiger partial charge in [-0.15, -0.1) is 0 Å². The molecule has 14 heavy (non-hydrogen) atoms. The summed E-state index contributed by atoms with van der Waals surface area (Å²) in [6.45, 7) is 0. The van der Waals surface area contributed by atoms with E-state index in [0.29, 0.717) is 5.17 Å². The fourth-order valence-corrected chi connectivity index (χ4v) is 1.78. The van der Waals surface area contributed by atoms with Gasteiger partial charge in [0.05, 0.1) is 5.70 Å². The highest BCUT2D eigenvalue weighted by atomic mass is 32.2. The molecule has 1 aromatic carbocycles. The Hall–Kier alpha value is -1.29. The maximum Gasteiger partial charge on any atom is 0.159 e. The van der Waals surface area contributed by atoms with Crippen molar-refractivity contribution in [3.8, 4) is 0 Å². The average molecular weight is 208 g/mol. The molecule has 0 saturated heterocycles. The van der Waals surface area contributed by atoms with Crippen molar-refractivity contribution < 1.29 is 4.39 Å². The summed E-state index contributed by atoms with van der Waals surface area (Å²) < 4.78 is 12.6. The minimum atomic E-state index is -0.239. The van der Waals surface area contributed by atoms with Crippen molar-refractivity contribution in [1.29, 1.82) is 0 Å². The molecule has 2 N–H and O–H groups in total. The van der Waals surface area contributed by atoms with E-state index in [1.165, 1.54) is 23.9 Å². The highest BCUT2D eigenvalue weighted by molar-refractivity contribution is 8.14. The van der Waals surface area contributed by atoms with E-state index in [-0.39, 0.29) is 5.82 Å². The number of benzene rings is 1. The summed E-state index contributed by atoms with van der Waals surface area (Å²) in [4.78, 5) is 4.18. The minimum Gasteiger partial charge on any atom is -0.378 e. The second kappa shape index (κ2) is 3.84. The van der Waals surface area contributed by atoms with Crippen LogP contribution in [0.3, 0.4) is 0 Å². The summed E-state index contributed by atoms with van der Waals surface area (Å²) in [6.07, 6.45) is 1.98. The predicted molar refractivity (Wildman–Crippen MR) is 58.5 cm³/mol. The Morgan fingerprint density at radius 1 is 1.29 bits per heavy atom. The number of nitrogens with zero attached hydrogens (tertiary/aromatic N) is 1. The van der Waals surface area contributed by atoms with Gasteiger partial charge < -0.3 is 5.73 Å². The summed E-state index contributed by atoms with van der Waals surface area (Å²) >= 11 is 1.50. The van der Waals surface area contributed by atoms with Crippen LogP contribution in [-0.2, 0) is 0 Å². The Balaban J connectivity index is 2.32. The van der Waals surface area contributed by atoms with Crippen molar-refractivity contribution in [3.63, 3.8) is 0 Å². The first-order chi connectivity index (χ1) is 6.75. The number of hydrogen-bond acceptors (Lipinski definition) is 3. The van der Waals surface area contributed by atoms with Gasteiger partial charge in [-0.25, -0.2) is 9.38 Å². The monoisotopic (exact) mass is 208 g/mol. The van der Waals surface area contributed by atoms with E-state index in [4.69, 9.17) is 5.73 Å². The molecule has 0 fully saturated rings. The van der Waals surface area contributed by atoms with Gasteiger partial charge in [0.25, 0.3) is 0 Å². The van der Waals surface area contributed by atoms with Crippen LogP contribution < -0.4 is 5.73 Å². The Morgan fingerprint density at radius 3 is 2.64 bits per heavy atom. The van der Waals surface area contributed by atoms with Crippen molar-refractivity contribution in [2.24, 2.45) is 10.7 Å². The number of rotatable bonds is 1. The summed E-state index contributed by atoms with van der Waals surface area (Å²) in [5.74, 6) is 0.582. The fraction of sp³-hybridized carbons (Fsp3) is 0.100. The molecule has 1 aromatic rings. The number of halogens is 1. The third kappa shape index (κ3) is 1.96. The van der Waals surface area contributed by atoms with Gasteiger partial charge in [0.2, 0.25) is 0 Å².